The van der Waals surface area contributed by atoms with Gasteiger partial charge in [0.2, 0.25) is 5.91 Å². The van der Waals surface area contributed by atoms with Gasteiger partial charge in [-0.05, 0) is 12.8 Å². The minimum atomic E-state index is -3.58. The van der Waals surface area contributed by atoms with Crippen molar-refractivity contribution in [3.05, 3.63) is 25.2 Å². The van der Waals surface area contributed by atoms with Crippen LogP contribution >= 0.6 is 0 Å². The predicted molar refractivity (Wildman–Crippen MR) is 82.6 cm³/mol. The largest absolute Gasteiger partial charge is 0.341 e. The number of carbonyl (C=O) groups excluding carboxylic acids is 1. The van der Waals surface area contributed by atoms with Crippen molar-refractivity contribution in [3.8, 4) is 0 Å². The second kappa shape index (κ2) is 7.06. The number of hydrogen-bond donors (Lipinski definition) is 0. The second-order valence-electron chi connectivity index (χ2n) is 5.34. The lowest BCUT2D eigenvalue weighted by molar-refractivity contribution is -0.130. The monoisotopic (exact) mass is 326 g/mol. The van der Waals surface area contributed by atoms with Gasteiger partial charge in [-0.15, -0.1) is 6.58 Å². The van der Waals surface area contributed by atoms with Gasteiger partial charge in [0.15, 0.2) is 5.03 Å². The van der Waals surface area contributed by atoms with E-state index in [-0.39, 0.29) is 10.9 Å². The Balaban J connectivity index is 2.03. The number of sulfonamides is 1. The second-order valence-corrected chi connectivity index (χ2v) is 7.23. The van der Waals surface area contributed by atoms with Crippen LogP contribution in [0.1, 0.15) is 19.3 Å². The molecular weight excluding hydrogens is 304 g/mol. The summed E-state index contributed by atoms with van der Waals surface area (Å²) in [4.78, 5) is 17.7. The van der Waals surface area contributed by atoms with Gasteiger partial charge in [-0.1, -0.05) is 6.08 Å². The molecular formula is C14H22N4O3S. The molecule has 0 spiro atoms. The van der Waals surface area contributed by atoms with E-state index in [0.29, 0.717) is 45.4 Å². The van der Waals surface area contributed by atoms with E-state index in [4.69, 9.17) is 0 Å². The van der Waals surface area contributed by atoms with Crippen LogP contribution in [-0.2, 0) is 21.9 Å². The average molecular weight is 326 g/mol. The van der Waals surface area contributed by atoms with E-state index in [0.717, 1.165) is 0 Å². The third kappa shape index (κ3) is 3.75. The maximum absolute atomic E-state index is 12.5. The Bertz CT molecular complexity index is 638. The Morgan fingerprint density at radius 2 is 2.14 bits per heavy atom. The van der Waals surface area contributed by atoms with Crippen LogP contribution in [0.3, 0.4) is 0 Å². The van der Waals surface area contributed by atoms with Crippen molar-refractivity contribution in [1.82, 2.24) is 18.8 Å². The normalized spacial score (nSPS) is 17.2. The molecule has 1 amide bonds. The van der Waals surface area contributed by atoms with Crippen LogP contribution in [0.5, 0.6) is 0 Å². The summed E-state index contributed by atoms with van der Waals surface area (Å²) in [5, 5.41) is 0.0569. The molecule has 0 bridgehead atoms. The molecule has 0 aromatic carbocycles. The first kappa shape index (κ1) is 16.7. The van der Waals surface area contributed by atoms with Gasteiger partial charge in [-0.2, -0.15) is 4.31 Å². The molecule has 1 saturated heterocycles. The van der Waals surface area contributed by atoms with Gasteiger partial charge >= 0.3 is 0 Å². The van der Waals surface area contributed by atoms with E-state index in [2.05, 4.69) is 11.6 Å². The molecule has 2 rings (SSSR count). The summed E-state index contributed by atoms with van der Waals surface area (Å²) in [7, 11) is -1.85. The van der Waals surface area contributed by atoms with Gasteiger partial charge in [0, 0.05) is 45.8 Å². The Morgan fingerprint density at radius 1 is 1.36 bits per heavy atom. The van der Waals surface area contributed by atoms with E-state index >= 15 is 0 Å². The fourth-order valence-electron chi connectivity index (χ4n) is 2.42. The lowest BCUT2D eigenvalue weighted by Crippen LogP contribution is -2.37. The molecule has 0 N–H and O–H groups in total. The lowest BCUT2D eigenvalue weighted by Gasteiger charge is -2.21. The van der Waals surface area contributed by atoms with Crippen molar-refractivity contribution in [3.63, 3.8) is 0 Å². The molecule has 0 saturated carbocycles. The molecule has 2 heterocycles. The molecule has 122 valence electrons. The van der Waals surface area contributed by atoms with Crippen LogP contribution in [0.15, 0.2) is 30.2 Å². The summed E-state index contributed by atoms with van der Waals surface area (Å²) >= 11 is 0. The highest BCUT2D eigenvalue weighted by molar-refractivity contribution is 7.89. The number of rotatable bonds is 5. The predicted octanol–water partition coefficient (Wildman–Crippen LogP) is 0.609. The number of imidazole rings is 1. The minimum absolute atomic E-state index is 0.0528. The van der Waals surface area contributed by atoms with Crippen molar-refractivity contribution in [2.75, 3.05) is 26.2 Å². The van der Waals surface area contributed by atoms with Crippen molar-refractivity contribution < 1.29 is 13.2 Å². The van der Waals surface area contributed by atoms with E-state index in [1.807, 2.05) is 0 Å². The first-order chi connectivity index (χ1) is 10.4. The first-order valence-corrected chi connectivity index (χ1v) is 8.76. The third-order valence-electron chi connectivity index (χ3n) is 3.66. The van der Waals surface area contributed by atoms with Crippen LogP contribution in [0.4, 0.5) is 0 Å². The zero-order chi connectivity index (χ0) is 16.2. The highest BCUT2D eigenvalue weighted by Gasteiger charge is 2.29. The van der Waals surface area contributed by atoms with E-state index in [9.17, 15) is 13.2 Å². The third-order valence-corrected chi connectivity index (χ3v) is 5.44. The molecule has 7 nitrogen and oxygen atoms in total. The zero-order valence-corrected chi connectivity index (χ0v) is 13.6. The number of hydrogen-bond acceptors (Lipinski definition) is 4. The van der Waals surface area contributed by atoms with Crippen LogP contribution in [-0.4, -0.2) is 59.3 Å². The Hall–Kier alpha value is -1.67. The smallest absolute Gasteiger partial charge is 0.262 e. The fourth-order valence-corrected chi connectivity index (χ4v) is 3.86. The first-order valence-electron chi connectivity index (χ1n) is 7.32. The van der Waals surface area contributed by atoms with Gasteiger partial charge < -0.3 is 9.47 Å². The quantitative estimate of drug-likeness (QED) is 0.743. The van der Waals surface area contributed by atoms with E-state index < -0.39 is 10.0 Å². The summed E-state index contributed by atoms with van der Waals surface area (Å²) in [6, 6.07) is 0. The number of aryl methyl sites for hydroxylation is 1. The Kier molecular flexibility index (Phi) is 5.36. The van der Waals surface area contributed by atoms with Crippen LogP contribution < -0.4 is 0 Å². The molecule has 1 aromatic rings. The van der Waals surface area contributed by atoms with Gasteiger partial charge in [0.05, 0.1) is 6.33 Å². The summed E-state index contributed by atoms with van der Waals surface area (Å²) in [6.45, 7) is 5.33. The van der Waals surface area contributed by atoms with Crippen LogP contribution in [0, 0.1) is 0 Å². The fraction of sp³-hybridized carbons (Fsp3) is 0.571. The van der Waals surface area contributed by atoms with Crippen LogP contribution in [0.25, 0.3) is 0 Å². The summed E-state index contributed by atoms with van der Waals surface area (Å²) in [5.41, 5.74) is 0. The number of amides is 1. The molecule has 1 fully saturated rings. The molecule has 22 heavy (non-hydrogen) atoms. The molecule has 0 aliphatic carbocycles. The highest BCUT2D eigenvalue weighted by Crippen LogP contribution is 2.16. The summed E-state index contributed by atoms with van der Waals surface area (Å²) in [5.74, 6) is 0.0528. The zero-order valence-electron chi connectivity index (χ0n) is 12.8. The van der Waals surface area contributed by atoms with Crippen molar-refractivity contribution in [1.29, 1.82) is 0 Å². The SMILES string of the molecule is C=CCCC(=O)N1CCCN(S(=O)(=O)c2cn(C)cn2)CC1. The maximum Gasteiger partial charge on any atom is 0.262 e. The van der Waals surface area contributed by atoms with Gasteiger partial charge in [-0.25, -0.2) is 13.4 Å². The minimum Gasteiger partial charge on any atom is -0.341 e. The van der Waals surface area contributed by atoms with Gasteiger partial charge in [-0.3, -0.25) is 4.79 Å². The van der Waals surface area contributed by atoms with E-state index in [1.54, 1.807) is 22.6 Å². The lowest BCUT2D eigenvalue weighted by atomic mass is 10.2. The van der Waals surface area contributed by atoms with Crippen molar-refractivity contribution >= 4 is 15.9 Å². The number of carbonyl (C=O) groups is 1. The highest BCUT2D eigenvalue weighted by atomic mass is 32.2. The Morgan fingerprint density at radius 3 is 2.77 bits per heavy atom. The topological polar surface area (TPSA) is 75.5 Å². The molecule has 0 radical (unpaired) electrons. The van der Waals surface area contributed by atoms with Crippen molar-refractivity contribution in [2.45, 2.75) is 24.3 Å². The molecule has 0 unspecified atom stereocenters. The number of allylic oxidation sites excluding steroid dienone is 1. The van der Waals surface area contributed by atoms with Gasteiger partial charge in [0.25, 0.3) is 10.0 Å². The Labute approximate surface area is 131 Å². The number of aromatic nitrogens is 2. The van der Waals surface area contributed by atoms with Gasteiger partial charge in [0.1, 0.15) is 0 Å². The molecule has 8 heteroatoms. The number of nitrogens with zero attached hydrogens (tertiary/aromatic N) is 4. The summed E-state index contributed by atoms with van der Waals surface area (Å²) < 4.78 is 28.1. The molecule has 1 aliphatic heterocycles. The van der Waals surface area contributed by atoms with Crippen molar-refractivity contribution in [2.24, 2.45) is 7.05 Å². The average Bonchev–Trinajstić information content (AvgIpc) is 2.77. The van der Waals surface area contributed by atoms with E-state index in [1.165, 1.54) is 16.8 Å². The standard InChI is InChI=1S/C14H22N4O3S/c1-3-4-6-14(19)17-7-5-8-18(10-9-17)22(20,21)13-11-16(2)12-15-13/h3,11-12H,1,4-10H2,2H3. The molecule has 1 aromatic heterocycles. The molecule has 0 atom stereocenters. The maximum atomic E-state index is 12.5. The summed E-state index contributed by atoms with van der Waals surface area (Å²) in [6.07, 6.45) is 6.38. The van der Waals surface area contributed by atoms with Crippen LogP contribution in [0.2, 0.25) is 0 Å². The molecule has 1 aliphatic rings.